The number of ketones is 1. The molecule has 8 nitrogen and oxygen atoms in total. The molecule has 0 spiro atoms. The topological polar surface area (TPSA) is 104 Å². The van der Waals surface area contributed by atoms with Crippen molar-refractivity contribution < 1.29 is 14.4 Å². The lowest BCUT2D eigenvalue weighted by atomic mass is 9.96. The molecule has 2 N–H and O–H groups in total. The van der Waals surface area contributed by atoms with Crippen molar-refractivity contribution in [1.29, 1.82) is 0 Å². The summed E-state index contributed by atoms with van der Waals surface area (Å²) in [7, 11) is 0. The number of amides is 2. The summed E-state index contributed by atoms with van der Waals surface area (Å²) in [4.78, 5) is 46.4. The van der Waals surface area contributed by atoms with Crippen LogP contribution in [0.25, 0.3) is 0 Å². The number of nitrogens with one attached hydrogen (secondary N) is 2. The SMILES string of the molecule is CCNC(=O)C1CCN(c2cc(SCC(=O)Nc3ccc(C(C)=O)cc3)ncn2)CC1. The van der Waals surface area contributed by atoms with E-state index in [2.05, 4.69) is 25.5 Å². The molecule has 1 aliphatic rings. The molecule has 0 atom stereocenters. The van der Waals surface area contributed by atoms with E-state index in [-0.39, 0.29) is 29.3 Å². The predicted octanol–water partition coefficient (Wildman–Crippen LogP) is 2.76. The molecule has 2 heterocycles. The van der Waals surface area contributed by atoms with E-state index in [0.717, 1.165) is 36.8 Å². The van der Waals surface area contributed by atoms with Crippen molar-refractivity contribution in [3.8, 4) is 0 Å². The molecule has 0 radical (unpaired) electrons. The standard InChI is InChI=1S/C22H27N5O3S/c1-3-23-22(30)17-8-10-27(11-9-17)19-12-21(25-14-24-19)31-13-20(29)26-18-6-4-16(5-7-18)15(2)28/h4-7,12,14,17H,3,8-11,13H2,1-2H3,(H,23,30)(H,26,29). The summed E-state index contributed by atoms with van der Waals surface area (Å²) in [5, 5.41) is 6.43. The van der Waals surface area contributed by atoms with Gasteiger partial charge in [0.1, 0.15) is 17.2 Å². The first-order valence-electron chi connectivity index (χ1n) is 10.3. The quantitative estimate of drug-likeness (QED) is 0.369. The Kier molecular flexibility index (Phi) is 8.00. The molecule has 0 aliphatic carbocycles. The lowest BCUT2D eigenvalue weighted by Gasteiger charge is -2.32. The largest absolute Gasteiger partial charge is 0.356 e. The predicted molar refractivity (Wildman–Crippen MR) is 121 cm³/mol. The average molecular weight is 442 g/mol. The van der Waals surface area contributed by atoms with Gasteiger partial charge in [-0.05, 0) is 51.0 Å². The monoisotopic (exact) mass is 441 g/mol. The van der Waals surface area contributed by atoms with Crippen molar-refractivity contribution >= 4 is 40.9 Å². The molecule has 2 aromatic rings. The first-order valence-corrected chi connectivity index (χ1v) is 11.3. The average Bonchev–Trinajstić information content (AvgIpc) is 2.78. The van der Waals surface area contributed by atoms with Crippen LogP contribution in [0.4, 0.5) is 11.5 Å². The molecule has 1 aromatic carbocycles. The third-order valence-corrected chi connectivity index (χ3v) is 6.02. The van der Waals surface area contributed by atoms with E-state index >= 15 is 0 Å². The summed E-state index contributed by atoms with van der Waals surface area (Å²) in [6.07, 6.45) is 3.10. The lowest BCUT2D eigenvalue weighted by Crippen LogP contribution is -2.40. The fourth-order valence-corrected chi connectivity index (χ4v) is 4.06. The maximum Gasteiger partial charge on any atom is 0.234 e. The van der Waals surface area contributed by atoms with Gasteiger partial charge in [0.15, 0.2) is 5.78 Å². The fourth-order valence-electron chi connectivity index (χ4n) is 3.40. The van der Waals surface area contributed by atoms with Crippen LogP contribution in [0.1, 0.15) is 37.0 Å². The van der Waals surface area contributed by atoms with Crippen LogP contribution >= 0.6 is 11.8 Å². The second-order valence-electron chi connectivity index (χ2n) is 7.34. The minimum atomic E-state index is -0.150. The van der Waals surface area contributed by atoms with Crippen LogP contribution in [-0.2, 0) is 9.59 Å². The molecule has 3 rings (SSSR count). The first kappa shape index (κ1) is 22.7. The van der Waals surface area contributed by atoms with Crippen molar-refractivity contribution in [2.24, 2.45) is 5.92 Å². The van der Waals surface area contributed by atoms with Crippen LogP contribution in [0.5, 0.6) is 0 Å². The number of thioether (sulfide) groups is 1. The van der Waals surface area contributed by atoms with Crippen LogP contribution < -0.4 is 15.5 Å². The number of hydrogen-bond donors (Lipinski definition) is 2. The van der Waals surface area contributed by atoms with Gasteiger partial charge in [-0.25, -0.2) is 9.97 Å². The number of nitrogens with zero attached hydrogens (tertiary/aromatic N) is 3. The normalized spacial score (nSPS) is 14.2. The highest BCUT2D eigenvalue weighted by Crippen LogP contribution is 2.25. The van der Waals surface area contributed by atoms with Gasteiger partial charge in [0.2, 0.25) is 11.8 Å². The van der Waals surface area contributed by atoms with Gasteiger partial charge >= 0.3 is 0 Å². The molecule has 0 bridgehead atoms. The van der Waals surface area contributed by atoms with Crippen molar-refractivity contribution in [2.45, 2.75) is 31.7 Å². The summed E-state index contributed by atoms with van der Waals surface area (Å²) in [5.74, 6) is 1.05. The first-order chi connectivity index (χ1) is 15.0. The molecule has 1 aliphatic heterocycles. The molecule has 2 amide bonds. The number of benzene rings is 1. The van der Waals surface area contributed by atoms with Crippen LogP contribution in [0.3, 0.4) is 0 Å². The van der Waals surface area contributed by atoms with Crippen LogP contribution in [-0.4, -0.2) is 53.0 Å². The van der Waals surface area contributed by atoms with E-state index in [4.69, 9.17) is 0 Å². The number of Topliss-reactive ketones (excluding diaryl/α,β-unsaturated/α-hetero) is 1. The van der Waals surface area contributed by atoms with Crippen molar-refractivity contribution in [1.82, 2.24) is 15.3 Å². The second-order valence-corrected chi connectivity index (χ2v) is 8.34. The van der Waals surface area contributed by atoms with E-state index in [0.29, 0.717) is 17.8 Å². The molecule has 1 aromatic heterocycles. The smallest absolute Gasteiger partial charge is 0.234 e. The van der Waals surface area contributed by atoms with Gasteiger partial charge in [0, 0.05) is 42.9 Å². The zero-order chi connectivity index (χ0) is 22.2. The van der Waals surface area contributed by atoms with Gasteiger partial charge < -0.3 is 15.5 Å². The number of hydrogen-bond acceptors (Lipinski definition) is 7. The zero-order valence-electron chi connectivity index (χ0n) is 17.8. The van der Waals surface area contributed by atoms with Crippen LogP contribution in [0.15, 0.2) is 41.7 Å². The molecule has 9 heteroatoms. The molecular formula is C22H27N5O3S. The third kappa shape index (κ3) is 6.52. The number of anilines is 2. The van der Waals surface area contributed by atoms with E-state index in [1.165, 1.54) is 25.0 Å². The Balaban J connectivity index is 1.50. The molecule has 31 heavy (non-hydrogen) atoms. The van der Waals surface area contributed by atoms with Gasteiger partial charge in [-0.3, -0.25) is 14.4 Å². The molecule has 1 saturated heterocycles. The van der Waals surface area contributed by atoms with E-state index in [1.54, 1.807) is 24.3 Å². The highest BCUT2D eigenvalue weighted by Gasteiger charge is 2.25. The molecular weight excluding hydrogens is 414 g/mol. The van der Waals surface area contributed by atoms with Gasteiger partial charge in [0.05, 0.1) is 5.75 Å². The van der Waals surface area contributed by atoms with E-state index in [1.807, 2.05) is 13.0 Å². The number of carbonyl (C=O) groups excluding carboxylic acids is 3. The van der Waals surface area contributed by atoms with Gasteiger partial charge in [0.25, 0.3) is 0 Å². The minimum Gasteiger partial charge on any atom is -0.356 e. The summed E-state index contributed by atoms with van der Waals surface area (Å²) < 4.78 is 0. The Morgan fingerprint density at radius 1 is 1.13 bits per heavy atom. The maximum absolute atomic E-state index is 12.3. The Bertz CT molecular complexity index is 927. The third-order valence-electron chi connectivity index (χ3n) is 5.09. The van der Waals surface area contributed by atoms with Crippen LogP contribution in [0.2, 0.25) is 0 Å². The number of piperidine rings is 1. The van der Waals surface area contributed by atoms with Crippen molar-refractivity contribution in [3.63, 3.8) is 0 Å². The Morgan fingerprint density at radius 3 is 2.48 bits per heavy atom. The second kappa shape index (κ2) is 10.9. The summed E-state index contributed by atoms with van der Waals surface area (Å²) in [5.41, 5.74) is 1.25. The summed E-state index contributed by atoms with van der Waals surface area (Å²) >= 11 is 1.34. The summed E-state index contributed by atoms with van der Waals surface area (Å²) in [6, 6.07) is 8.69. The van der Waals surface area contributed by atoms with Crippen LogP contribution in [0, 0.1) is 5.92 Å². The molecule has 164 valence electrons. The number of rotatable bonds is 8. The molecule has 1 fully saturated rings. The van der Waals surface area contributed by atoms with Gasteiger partial charge in [-0.2, -0.15) is 0 Å². The molecule has 0 unspecified atom stereocenters. The molecule has 0 saturated carbocycles. The van der Waals surface area contributed by atoms with E-state index in [9.17, 15) is 14.4 Å². The fraction of sp³-hybridized carbons (Fsp3) is 0.409. The minimum absolute atomic E-state index is 0.0125. The number of carbonyl (C=O) groups is 3. The Morgan fingerprint density at radius 2 is 1.84 bits per heavy atom. The maximum atomic E-state index is 12.3. The van der Waals surface area contributed by atoms with Gasteiger partial charge in [-0.1, -0.05) is 11.8 Å². The van der Waals surface area contributed by atoms with E-state index < -0.39 is 0 Å². The zero-order valence-corrected chi connectivity index (χ0v) is 18.6. The summed E-state index contributed by atoms with van der Waals surface area (Å²) in [6.45, 7) is 5.62. The number of aromatic nitrogens is 2. The highest BCUT2D eigenvalue weighted by atomic mass is 32.2. The Hall–Kier alpha value is -2.94. The lowest BCUT2D eigenvalue weighted by molar-refractivity contribution is -0.125. The van der Waals surface area contributed by atoms with Crippen molar-refractivity contribution in [3.05, 3.63) is 42.2 Å². The highest BCUT2D eigenvalue weighted by molar-refractivity contribution is 7.99. The van der Waals surface area contributed by atoms with Gasteiger partial charge in [-0.15, -0.1) is 0 Å². The van der Waals surface area contributed by atoms with Crippen molar-refractivity contribution in [2.75, 3.05) is 35.6 Å². The Labute approximate surface area is 186 Å².